The monoisotopic (exact) mass is 347 g/mol. The molecule has 2 atom stereocenters. The third-order valence-corrected chi connectivity index (χ3v) is 6.44. The first kappa shape index (κ1) is 18.2. The van der Waals surface area contributed by atoms with Gasteiger partial charge in [0.05, 0.1) is 12.5 Å². The molecule has 2 saturated heterocycles. The van der Waals surface area contributed by atoms with Crippen molar-refractivity contribution in [3.8, 4) is 0 Å². The lowest BCUT2D eigenvalue weighted by atomic mass is 9.99. The molecule has 2 aliphatic heterocycles. The number of carbonyl (C=O) groups is 2. The van der Waals surface area contributed by atoms with Crippen LogP contribution in [0.25, 0.3) is 0 Å². The summed E-state index contributed by atoms with van der Waals surface area (Å²) in [4.78, 5) is 23.5. The van der Waals surface area contributed by atoms with E-state index in [2.05, 4.69) is 0 Å². The van der Waals surface area contributed by atoms with Gasteiger partial charge in [0, 0.05) is 19.6 Å². The molecule has 0 spiro atoms. The molecule has 9 heteroatoms. The van der Waals surface area contributed by atoms with Gasteiger partial charge in [-0.3, -0.25) is 9.59 Å². The molecule has 2 rings (SSSR count). The highest BCUT2D eigenvalue weighted by atomic mass is 32.2. The maximum absolute atomic E-state index is 12.9. The summed E-state index contributed by atoms with van der Waals surface area (Å²) in [6.07, 6.45) is 3.15. The third kappa shape index (κ3) is 4.02. The predicted octanol–water partition coefficient (Wildman–Crippen LogP) is -0.154. The van der Waals surface area contributed by atoms with Crippen LogP contribution >= 0.6 is 0 Å². The first-order chi connectivity index (χ1) is 10.9. The van der Waals surface area contributed by atoms with Crippen LogP contribution in [0.15, 0.2) is 0 Å². The summed E-state index contributed by atoms with van der Waals surface area (Å²) in [7, 11) is -3.81. The standard InChI is InChI=1S/C14H25N3O5S/c1-2-22-14(19)12-7-3-4-9-17(12)23(20,21)16-8-5-6-11(10-16)13(15)18/h11-12H,2-10H2,1H3,(H2,15,18)/t11-,12-/m1/s1. The van der Waals surface area contributed by atoms with Gasteiger partial charge in [-0.1, -0.05) is 0 Å². The van der Waals surface area contributed by atoms with Crippen molar-refractivity contribution in [2.75, 3.05) is 26.2 Å². The molecule has 0 bridgehead atoms. The van der Waals surface area contributed by atoms with Gasteiger partial charge in [0.15, 0.2) is 0 Å². The maximum atomic E-state index is 12.9. The highest BCUT2D eigenvalue weighted by Crippen LogP contribution is 2.27. The summed E-state index contributed by atoms with van der Waals surface area (Å²) in [5.74, 6) is -1.45. The Morgan fingerprint density at radius 1 is 1.17 bits per heavy atom. The van der Waals surface area contributed by atoms with Gasteiger partial charge >= 0.3 is 5.97 Å². The van der Waals surface area contributed by atoms with E-state index < -0.39 is 34.0 Å². The number of hydrogen-bond acceptors (Lipinski definition) is 5. The molecule has 1 amide bonds. The molecule has 2 aliphatic rings. The normalized spacial score (nSPS) is 27.5. The first-order valence-corrected chi connectivity index (χ1v) is 9.50. The Balaban J connectivity index is 2.18. The zero-order valence-corrected chi connectivity index (χ0v) is 14.3. The number of hydrogen-bond donors (Lipinski definition) is 1. The number of esters is 1. The average Bonchev–Trinajstić information content (AvgIpc) is 2.55. The largest absolute Gasteiger partial charge is 0.465 e. The molecule has 0 aliphatic carbocycles. The summed E-state index contributed by atoms with van der Waals surface area (Å²) in [5.41, 5.74) is 5.32. The molecule has 132 valence electrons. The molecule has 0 aromatic heterocycles. The SMILES string of the molecule is CCOC(=O)[C@H]1CCCCN1S(=O)(=O)N1CCC[C@@H](C(N)=O)C1. The highest BCUT2D eigenvalue weighted by molar-refractivity contribution is 7.86. The van der Waals surface area contributed by atoms with Gasteiger partial charge in [-0.05, 0) is 39.0 Å². The molecule has 0 aromatic rings. The van der Waals surface area contributed by atoms with Crippen LogP contribution in [0.4, 0.5) is 0 Å². The predicted molar refractivity (Wildman–Crippen MR) is 83.4 cm³/mol. The van der Waals surface area contributed by atoms with Gasteiger partial charge in [0.25, 0.3) is 10.2 Å². The molecule has 2 heterocycles. The lowest BCUT2D eigenvalue weighted by Crippen LogP contribution is -2.56. The van der Waals surface area contributed by atoms with Crippen LogP contribution in [0.5, 0.6) is 0 Å². The number of piperidine rings is 2. The van der Waals surface area contributed by atoms with Crippen LogP contribution in [0, 0.1) is 5.92 Å². The average molecular weight is 347 g/mol. The summed E-state index contributed by atoms with van der Waals surface area (Å²) in [5, 5.41) is 0. The third-order valence-electron chi connectivity index (χ3n) is 4.42. The molecule has 8 nitrogen and oxygen atoms in total. The van der Waals surface area contributed by atoms with Crippen LogP contribution in [0.3, 0.4) is 0 Å². The minimum absolute atomic E-state index is 0.0870. The fourth-order valence-electron chi connectivity index (χ4n) is 3.19. The highest BCUT2D eigenvalue weighted by Gasteiger charge is 2.42. The maximum Gasteiger partial charge on any atom is 0.324 e. The van der Waals surface area contributed by atoms with Gasteiger partial charge < -0.3 is 10.5 Å². The smallest absolute Gasteiger partial charge is 0.324 e. The molecule has 2 N–H and O–H groups in total. The van der Waals surface area contributed by atoms with Crippen molar-refractivity contribution in [3.63, 3.8) is 0 Å². The summed E-state index contributed by atoms with van der Waals surface area (Å²) < 4.78 is 33.4. The topological polar surface area (TPSA) is 110 Å². The molecule has 0 unspecified atom stereocenters. The zero-order chi connectivity index (χ0) is 17.0. The molecule has 23 heavy (non-hydrogen) atoms. The molecule has 0 aromatic carbocycles. The van der Waals surface area contributed by atoms with Crippen molar-refractivity contribution >= 4 is 22.1 Å². The number of ether oxygens (including phenoxy) is 1. The second kappa shape index (κ2) is 7.59. The van der Waals surface area contributed by atoms with Crippen LogP contribution in [0.1, 0.15) is 39.0 Å². The van der Waals surface area contributed by atoms with Gasteiger partial charge in [-0.25, -0.2) is 0 Å². The Morgan fingerprint density at radius 2 is 1.91 bits per heavy atom. The first-order valence-electron chi connectivity index (χ1n) is 8.10. The fourth-order valence-corrected chi connectivity index (χ4v) is 5.09. The van der Waals surface area contributed by atoms with Crippen molar-refractivity contribution in [2.24, 2.45) is 11.7 Å². The molecular formula is C14H25N3O5S. The number of amides is 1. The number of primary amides is 1. The summed E-state index contributed by atoms with van der Waals surface area (Å²) >= 11 is 0. The molecular weight excluding hydrogens is 322 g/mol. The number of nitrogens with two attached hydrogens (primary N) is 1. The van der Waals surface area contributed by atoms with Crippen LogP contribution in [-0.4, -0.2) is 61.2 Å². The molecule has 0 saturated carbocycles. The minimum atomic E-state index is -3.81. The Morgan fingerprint density at radius 3 is 2.57 bits per heavy atom. The number of rotatable bonds is 5. The van der Waals surface area contributed by atoms with E-state index in [-0.39, 0.29) is 13.2 Å². The quantitative estimate of drug-likeness (QED) is 0.695. The van der Waals surface area contributed by atoms with E-state index >= 15 is 0 Å². The van der Waals surface area contributed by atoms with E-state index in [1.165, 1.54) is 8.61 Å². The van der Waals surface area contributed by atoms with E-state index in [4.69, 9.17) is 10.5 Å². The second-order valence-electron chi connectivity index (χ2n) is 5.98. The van der Waals surface area contributed by atoms with E-state index in [0.29, 0.717) is 38.8 Å². The minimum Gasteiger partial charge on any atom is -0.465 e. The Labute approximate surface area is 137 Å². The van der Waals surface area contributed by atoms with Crippen molar-refractivity contribution in [3.05, 3.63) is 0 Å². The molecule has 0 radical (unpaired) electrons. The van der Waals surface area contributed by atoms with Crippen molar-refractivity contribution < 1.29 is 22.7 Å². The van der Waals surface area contributed by atoms with Crippen molar-refractivity contribution in [2.45, 2.75) is 45.1 Å². The van der Waals surface area contributed by atoms with Gasteiger partial charge in [-0.2, -0.15) is 17.0 Å². The fraction of sp³-hybridized carbons (Fsp3) is 0.857. The van der Waals surface area contributed by atoms with Crippen molar-refractivity contribution in [1.29, 1.82) is 0 Å². The molecule has 2 fully saturated rings. The van der Waals surface area contributed by atoms with Gasteiger partial charge in [-0.15, -0.1) is 0 Å². The van der Waals surface area contributed by atoms with Gasteiger partial charge in [0.1, 0.15) is 6.04 Å². The Kier molecular flexibility index (Phi) is 5.99. The lowest BCUT2D eigenvalue weighted by molar-refractivity contribution is -0.148. The second-order valence-corrected chi connectivity index (χ2v) is 7.86. The summed E-state index contributed by atoms with van der Waals surface area (Å²) in [6.45, 7) is 2.64. The van der Waals surface area contributed by atoms with Crippen molar-refractivity contribution in [1.82, 2.24) is 8.61 Å². The number of nitrogens with zero attached hydrogens (tertiary/aromatic N) is 2. The lowest BCUT2D eigenvalue weighted by Gasteiger charge is -2.39. The van der Waals surface area contributed by atoms with E-state index in [1.54, 1.807) is 6.92 Å². The Bertz CT molecular complexity index is 551. The van der Waals surface area contributed by atoms with Crippen LogP contribution in [0.2, 0.25) is 0 Å². The van der Waals surface area contributed by atoms with E-state index in [9.17, 15) is 18.0 Å². The van der Waals surface area contributed by atoms with Crippen LogP contribution < -0.4 is 5.73 Å². The van der Waals surface area contributed by atoms with E-state index in [1.807, 2.05) is 0 Å². The van der Waals surface area contributed by atoms with Gasteiger partial charge in [0.2, 0.25) is 5.91 Å². The zero-order valence-electron chi connectivity index (χ0n) is 13.4. The number of carbonyl (C=O) groups excluding carboxylic acids is 2. The summed E-state index contributed by atoms with van der Waals surface area (Å²) in [6, 6.07) is -0.775. The van der Waals surface area contributed by atoms with Crippen LogP contribution in [-0.2, 0) is 24.5 Å². The van der Waals surface area contributed by atoms with E-state index in [0.717, 1.165) is 6.42 Å². The Hall–Kier alpha value is -1.19.